The number of hydrogen-bond donors (Lipinski definition) is 3. The number of carboxylic acids is 1. The van der Waals surface area contributed by atoms with Gasteiger partial charge in [-0.05, 0) is 48.4 Å². The van der Waals surface area contributed by atoms with Crippen LogP contribution >= 0.6 is 0 Å². The third kappa shape index (κ3) is 5.55. The molecule has 7 heteroatoms. The predicted octanol–water partition coefficient (Wildman–Crippen LogP) is 3.84. The minimum absolute atomic E-state index is 0.0895. The van der Waals surface area contributed by atoms with E-state index >= 15 is 0 Å². The molecule has 1 aliphatic rings. The fourth-order valence-electron chi connectivity index (χ4n) is 3.87. The molecule has 1 unspecified atom stereocenters. The maximum Gasteiger partial charge on any atom is 0.407 e. The molecule has 0 aliphatic heterocycles. The van der Waals surface area contributed by atoms with Crippen LogP contribution in [0.15, 0.2) is 60.7 Å². The molecule has 0 aromatic heterocycles. The van der Waals surface area contributed by atoms with Crippen LogP contribution in [0, 0.1) is 0 Å². The fraction of sp³-hybridized carbons (Fsp3) is 0.320. The van der Waals surface area contributed by atoms with E-state index in [4.69, 9.17) is 4.74 Å². The van der Waals surface area contributed by atoms with Gasteiger partial charge in [0, 0.05) is 18.0 Å². The Bertz CT molecular complexity index is 971. The number of alkyl carbamates (subject to hydrolysis) is 1. The van der Waals surface area contributed by atoms with Crippen molar-refractivity contribution < 1.29 is 24.2 Å². The molecule has 2 amide bonds. The molecule has 1 atom stereocenters. The lowest BCUT2D eigenvalue weighted by atomic mass is 9.98. The zero-order chi connectivity index (χ0) is 23.1. The zero-order valence-corrected chi connectivity index (χ0v) is 18.1. The minimum atomic E-state index is -1.12. The first-order valence-corrected chi connectivity index (χ1v) is 10.7. The first kappa shape index (κ1) is 23.1. The number of amides is 2. The van der Waals surface area contributed by atoms with E-state index in [1.807, 2.05) is 48.5 Å². The van der Waals surface area contributed by atoms with Crippen molar-refractivity contribution >= 4 is 18.0 Å². The van der Waals surface area contributed by atoms with Crippen LogP contribution < -0.4 is 10.6 Å². The van der Waals surface area contributed by atoms with Crippen molar-refractivity contribution in [2.24, 2.45) is 0 Å². The van der Waals surface area contributed by atoms with Gasteiger partial charge in [-0.3, -0.25) is 4.79 Å². The van der Waals surface area contributed by atoms with Crippen LogP contribution in [0.4, 0.5) is 4.79 Å². The fourth-order valence-corrected chi connectivity index (χ4v) is 3.87. The van der Waals surface area contributed by atoms with E-state index in [2.05, 4.69) is 17.2 Å². The molecule has 0 bridgehead atoms. The van der Waals surface area contributed by atoms with Crippen molar-refractivity contribution in [3.63, 3.8) is 0 Å². The molecule has 7 nitrogen and oxygen atoms in total. The van der Waals surface area contributed by atoms with E-state index in [0.29, 0.717) is 25.0 Å². The number of ether oxygens (including phenoxy) is 1. The number of hydrogen-bond acceptors (Lipinski definition) is 4. The highest BCUT2D eigenvalue weighted by Crippen LogP contribution is 2.44. The van der Waals surface area contributed by atoms with Crippen LogP contribution in [0.3, 0.4) is 0 Å². The van der Waals surface area contributed by atoms with Crippen LogP contribution in [0.2, 0.25) is 0 Å². The molecule has 0 heterocycles. The summed E-state index contributed by atoms with van der Waals surface area (Å²) in [4.78, 5) is 35.3. The van der Waals surface area contributed by atoms with Gasteiger partial charge in [0.1, 0.15) is 12.6 Å². The monoisotopic (exact) mass is 436 g/mol. The quantitative estimate of drug-likeness (QED) is 0.388. The van der Waals surface area contributed by atoms with E-state index in [-0.39, 0.29) is 24.9 Å². The predicted molar refractivity (Wildman–Crippen MR) is 121 cm³/mol. The molecule has 0 radical (unpaired) electrons. The zero-order valence-electron chi connectivity index (χ0n) is 18.1. The largest absolute Gasteiger partial charge is 0.480 e. The van der Waals surface area contributed by atoms with Gasteiger partial charge in [-0.25, -0.2) is 9.59 Å². The molecule has 2 aromatic rings. The minimum Gasteiger partial charge on any atom is -0.480 e. The SMILES string of the molecule is C=C(C)C(=O)NCCCCC(NC(=O)OCC1c2ccccc2-c2ccccc21)C(=O)O. The highest BCUT2D eigenvalue weighted by Gasteiger charge is 2.29. The van der Waals surface area contributed by atoms with Crippen molar-refractivity contribution in [1.82, 2.24) is 10.6 Å². The Hall–Kier alpha value is -3.61. The van der Waals surface area contributed by atoms with Gasteiger partial charge in [0.05, 0.1) is 0 Å². The lowest BCUT2D eigenvalue weighted by Crippen LogP contribution is -2.41. The Morgan fingerprint density at radius 1 is 1.03 bits per heavy atom. The molecular weight excluding hydrogens is 408 g/mol. The summed E-state index contributed by atoms with van der Waals surface area (Å²) < 4.78 is 5.43. The molecule has 0 saturated carbocycles. The van der Waals surface area contributed by atoms with Crippen LogP contribution in [0.1, 0.15) is 43.2 Å². The number of nitrogens with one attached hydrogen (secondary N) is 2. The number of carboxylic acid groups (broad SMARTS) is 1. The number of rotatable bonds is 10. The summed E-state index contributed by atoms with van der Waals surface area (Å²) in [5, 5.41) is 14.6. The van der Waals surface area contributed by atoms with Gasteiger partial charge >= 0.3 is 12.1 Å². The normalized spacial score (nSPS) is 12.9. The Morgan fingerprint density at radius 3 is 2.19 bits per heavy atom. The van der Waals surface area contributed by atoms with E-state index in [1.165, 1.54) is 0 Å². The van der Waals surface area contributed by atoms with E-state index in [0.717, 1.165) is 22.3 Å². The summed E-state index contributed by atoms with van der Waals surface area (Å²) in [5.41, 5.74) is 4.85. The van der Waals surface area contributed by atoms with Gasteiger partial charge in [0.15, 0.2) is 0 Å². The smallest absolute Gasteiger partial charge is 0.407 e. The van der Waals surface area contributed by atoms with Gasteiger partial charge in [0.2, 0.25) is 5.91 Å². The Labute approximate surface area is 187 Å². The summed E-state index contributed by atoms with van der Waals surface area (Å²) in [5.74, 6) is -1.44. The molecule has 2 aromatic carbocycles. The van der Waals surface area contributed by atoms with Gasteiger partial charge in [-0.2, -0.15) is 0 Å². The number of carbonyl (C=O) groups excluding carboxylic acids is 2. The third-order valence-corrected chi connectivity index (χ3v) is 5.53. The van der Waals surface area contributed by atoms with E-state index in [9.17, 15) is 19.5 Å². The Balaban J connectivity index is 1.50. The number of aliphatic carboxylic acids is 1. The number of benzene rings is 2. The number of fused-ring (bicyclic) bond motifs is 3. The van der Waals surface area contributed by atoms with Crippen LogP contribution in [-0.4, -0.2) is 42.3 Å². The summed E-state index contributed by atoms with van der Waals surface area (Å²) >= 11 is 0. The van der Waals surface area contributed by atoms with Crippen LogP contribution in [-0.2, 0) is 14.3 Å². The van der Waals surface area contributed by atoms with Gasteiger partial charge < -0.3 is 20.5 Å². The topological polar surface area (TPSA) is 105 Å². The molecule has 0 saturated heterocycles. The molecule has 3 N–H and O–H groups in total. The summed E-state index contributed by atoms with van der Waals surface area (Å²) in [6, 6.07) is 15.0. The second kappa shape index (κ2) is 10.6. The molecule has 0 spiro atoms. The third-order valence-electron chi connectivity index (χ3n) is 5.53. The lowest BCUT2D eigenvalue weighted by molar-refractivity contribution is -0.139. The summed E-state index contributed by atoms with van der Waals surface area (Å²) in [7, 11) is 0. The van der Waals surface area contributed by atoms with Gasteiger partial charge in [-0.15, -0.1) is 0 Å². The average Bonchev–Trinajstić information content (AvgIpc) is 3.10. The highest BCUT2D eigenvalue weighted by atomic mass is 16.5. The first-order valence-electron chi connectivity index (χ1n) is 10.7. The Morgan fingerprint density at radius 2 is 1.62 bits per heavy atom. The van der Waals surface area contributed by atoms with Crippen molar-refractivity contribution in [2.45, 2.75) is 38.1 Å². The molecule has 0 fully saturated rings. The van der Waals surface area contributed by atoms with Crippen molar-refractivity contribution in [1.29, 1.82) is 0 Å². The van der Waals surface area contributed by atoms with Crippen LogP contribution in [0.25, 0.3) is 11.1 Å². The molecular formula is C25H28N2O5. The first-order chi connectivity index (χ1) is 15.4. The maximum atomic E-state index is 12.3. The second-order valence-corrected chi connectivity index (χ2v) is 7.89. The summed E-state index contributed by atoms with van der Waals surface area (Å²) in [6.07, 6.45) is 0.601. The molecule has 3 rings (SSSR count). The lowest BCUT2D eigenvalue weighted by Gasteiger charge is -2.17. The average molecular weight is 437 g/mol. The van der Waals surface area contributed by atoms with Crippen molar-refractivity contribution in [3.8, 4) is 11.1 Å². The van der Waals surface area contributed by atoms with Crippen molar-refractivity contribution in [2.75, 3.05) is 13.2 Å². The molecule has 168 valence electrons. The molecule has 1 aliphatic carbocycles. The Kier molecular flexibility index (Phi) is 7.65. The molecule has 32 heavy (non-hydrogen) atoms. The standard InChI is InChI=1S/C25H28N2O5/c1-16(2)23(28)26-14-8-7-13-22(24(29)30)27-25(31)32-15-21-19-11-5-3-9-17(19)18-10-4-6-12-20(18)21/h3-6,9-12,21-22H,1,7-8,13-15H2,2H3,(H,26,28)(H,27,31)(H,29,30). The van der Waals surface area contributed by atoms with E-state index < -0.39 is 18.1 Å². The van der Waals surface area contributed by atoms with E-state index in [1.54, 1.807) is 6.92 Å². The number of unbranched alkanes of at least 4 members (excludes halogenated alkanes) is 1. The van der Waals surface area contributed by atoms with Crippen molar-refractivity contribution in [3.05, 3.63) is 71.8 Å². The second-order valence-electron chi connectivity index (χ2n) is 7.89. The maximum absolute atomic E-state index is 12.3. The van der Waals surface area contributed by atoms with Gasteiger partial charge in [0.25, 0.3) is 0 Å². The van der Waals surface area contributed by atoms with Gasteiger partial charge in [-0.1, -0.05) is 55.1 Å². The highest BCUT2D eigenvalue weighted by molar-refractivity contribution is 5.92. The van der Waals surface area contributed by atoms with Crippen LogP contribution in [0.5, 0.6) is 0 Å². The number of carbonyl (C=O) groups is 3. The summed E-state index contributed by atoms with van der Waals surface area (Å²) in [6.45, 7) is 5.72.